The van der Waals surface area contributed by atoms with Gasteiger partial charge in [-0.2, -0.15) is 0 Å². The molecule has 13 nitrogen and oxygen atoms in total. The Balaban J connectivity index is 1.57. The van der Waals surface area contributed by atoms with E-state index in [4.69, 9.17) is 14.2 Å². The molecule has 3 rings (SSSR count). The van der Waals surface area contributed by atoms with Crippen molar-refractivity contribution in [1.82, 2.24) is 20.9 Å². The topological polar surface area (TPSA) is 173 Å². The Morgan fingerprint density at radius 2 is 1.48 bits per heavy atom. The van der Waals surface area contributed by atoms with E-state index in [0.29, 0.717) is 38.8 Å². The average Bonchev–Trinajstić information content (AvgIpc) is 3.65. The summed E-state index contributed by atoms with van der Waals surface area (Å²) in [6.07, 6.45) is 4.91. The molecule has 1 aliphatic heterocycles. The van der Waals surface area contributed by atoms with Crippen LogP contribution in [0, 0.1) is 5.92 Å². The van der Waals surface area contributed by atoms with Crippen LogP contribution in [0.5, 0.6) is 0 Å². The van der Waals surface area contributed by atoms with E-state index < -0.39 is 42.1 Å². The van der Waals surface area contributed by atoms with Gasteiger partial charge in [0.15, 0.2) is 0 Å². The first-order valence-electron chi connectivity index (χ1n) is 17.7. The molecule has 1 heterocycles. The van der Waals surface area contributed by atoms with Crippen molar-refractivity contribution >= 4 is 30.0 Å². The molecular weight excluding hydrogens is 668 g/mol. The predicted octanol–water partition coefficient (Wildman–Crippen LogP) is 4.55. The van der Waals surface area contributed by atoms with Gasteiger partial charge in [0.1, 0.15) is 25.9 Å². The van der Waals surface area contributed by atoms with E-state index in [2.05, 4.69) is 29.1 Å². The molecule has 1 saturated heterocycles. The van der Waals surface area contributed by atoms with Crippen LogP contribution in [0.15, 0.2) is 86.0 Å². The maximum Gasteiger partial charge on any atom is 0.408 e. The van der Waals surface area contributed by atoms with Gasteiger partial charge in [0.05, 0.1) is 24.6 Å². The van der Waals surface area contributed by atoms with Crippen molar-refractivity contribution in [2.75, 3.05) is 26.3 Å². The van der Waals surface area contributed by atoms with Gasteiger partial charge in [0.2, 0.25) is 11.8 Å². The first-order valence-corrected chi connectivity index (χ1v) is 17.7. The molecule has 0 saturated carbocycles. The molecule has 52 heavy (non-hydrogen) atoms. The number of rotatable bonds is 22. The molecule has 1 aliphatic rings. The van der Waals surface area contributed by atoms with E-state index in [1.807, 2.05) is 48.5 Å². The zero-order valence-corrected chi connectivity index (χ0v) is 29.7. The number of allylic oxidation sites excluding steroid dienone is 1. The van der Waals surface area contributed by atoms with Crippen LogP contribution in [0.25, 0.3) is 0 Å². The molecule has 0 bridgehead atoms. The molecule has 13 heteroatoms. The van der Waals surface area contributed by atoms with E-state index in [1.165, 1.54) is 6.08 Å². The van der Waals surface area contributed by atoms with Crippen LogP contribution in [0.2, 0.25) is 0 Å². The van der Waals surface area contributed by atoms with E-state index in [0.717, 1.165) is 17.5 Å². The smallest absolute Gasteiger partial charge is 0.408 e. The molecule has 4 atom stereocenters. The minimum absolute atomic E-state index is 0.0169. The van der Waals surface area contributed by atoms with E-state index >= 15 is 0 Å². The summed E-state index contributed by atoms with van der Waals surface area (Å²) in [5.41, 5.74) is 1.65. The second kappa shape index (κ2) is 23.3. The van der Waals surface area contributed by atoms with Crippen molar-refractivity contribution in [3.05, 3.63) is 97.1 Å². The fourth-order valence-electron chi connectivity index (χ4n) is 5.73. The Hall–Kier alpha value is -5.17. The normalized spacial score (nSPS) is 15.3. The second-order valence-electron chi connectivity index (χ2n) is 12.6. The molecule has 0 radical (unpaired) electrons. The van der Waals surface area contributed by atoms with Crippen LogP contribution in [0.3, 0.4) is 0 Å². The third kappa shape index (κ3) is 15.0. The van der Waals surface area contributed by atoms with Gasteiger partial charge in [-0.25, -0.2) is 14.4 Å². The number of nitrogens with zero attached hydrogens (tertiary/aromatic N) is 1. The van der Waals surface area contributed by atoms with Crippen LogP contribution in [-0.4, -0.2) is 84.4 Å². The number of aliphatic hydroxyl groups excluding tert-OH is 1. The molecule has 2 aromatic rings. The summed E-state index contributed by atoms with van der Waals surface area (Å²) in [5, 5.41) is 17.8. The summed E-state index contributed by atoms with van der Waals surface area (Å²) in [6.45, 7) is 8.08. The van der Waals surface area contributed by atoms with Gasteiger partial charge >= 0.3 is 18.2 Å². The SMILES string of the molecule is C=CC[C@@H](CC(=O)N1CCC[C@H]1CO)C(=O)N[C@@H](CCCCNC(=O)OCc1ccccc1)COC(=O)[C@@H](CC=C)NC(=O)OCc1ccccc1. The molecule has 0 spiro atoms. The Kier molecular flexibility index (Phi) is 18.5. The highest BCUT2D eigenvalue weighted by Gasteiger charge is 2.32. The monoisotopic (exact) mass is 720 g/mol. The number of benzene rings is 2. The molecule has 4 amide bonds. The van der Waals surface area contributed by atoms with Gasteiger partial charge in [-0.1, -0.05) is 72.8 Å². The van der Waals surface area contributed by atoms with E-state index in [1.54, 1.807) is 23.1 Å². The molecule has 0 aromatic heterocycles. The Morgan fingerprint density at radius 3 is 2.10 bits per heavy atom. The summed E-state index contributed by atoms with van der Waals surface area (Å²) in [7, 11) is 0. The van der Waals surface area contributed by atoms with E-state index in [9.17, 15) is 29.1 Å². The lowest BCUT2D eigenvalue weighted by Crippen LogP contribution is -2.46. The Morgan fingerprint density at radius 1 is 0.846 bits per heavy atom. The molecule has 282 valence electrons. The second-order valence-corrected chi connectivity index (χ2v) is 12.6. The largest absolute Gasteiger partial charge is 0.462 e. The van der Waals surface area contributed by atoms with Crippen molar-refractivity contribution < 1.29 is 43.3 Å². The lowest BCUT2D eigenvalue weighted by molar-refractivity contribution is -0.147. The summed E-state index contributed by atoms with van der Waals surface area (Å²) in [5.74, 6) is -2.08. The standard InChI is InChI=1S/C39H52N4O9/c1-3-14-31(24-35(45)43-23-13-21-33(43)25-44)36(46)41-32(20-11-12-22-40-38(48)51-26-29-16-7-5-8-17-29)28-50-37(47)34(15-4-2)42-39(49)52-27-30-18-9-6-10-19-30/h3-10,16-19,31-34,44H,1-2,11-15,20-28H2,(H,40,48)(H,41,46)(H,42,49)/t31-,32-,33-,34+/m0/s1. The number of esters is 1. The molecule has 0 unspecified atom stereocenters. The number of amides is 4. The quantitative estimate of drug-likeness (QED) is 0.0590. The van der Waals surface area contributed by atoms with Gasteiger partial charge < -0.3 is 40.2 Å². The molecular formula is C39H52N4O9. The number of nitrogens with one attached hydrogen (secondary N) is 3. The number of alkyl carbamates (subject to hydrolysis) is 2. The highest BCUT2D eigenvalue weighted by molar-refractivity contribution is 5.86. The van der Waals surface area contributed by atoms with Gasteiger partial charge in [0.25, 0.3) is 0 Å². The fourth-order valence-corrected chi connectivity index (χ4v) is 5.73. The van der Waals surface area contributed by atoms with Crippen molar-refractivity contribution in [2.45, 2.75) is 82.7 Å². The lowest BCUT2D eigenvalue weighted by atomic mass is 9.98. The molecule has 2 aromatic carbocycles. The summed E-state index contributed by atoms with van der Waals surface area (Å²) in [6, 6.07) is 16.4. The predicted molar refractivity (Wildman–Crippen MR) is 194 cm³/mol. The number of hydrogen-bond acceptors (Lipinski definition) is 9. The van der Waals surface area contributed by atoms with Gasteiger partial charge in [-0.3, -0.25) is 9.59 Å². The number of likely N-dealkylation sites (tertiary alicyclic amines) is 1. The van der Waals surface area contributed by atoms with Gasteiger partial charge in [0, 0.05) is 19.5 Å². The van der Waals surface area contributed by atoms with Crippen molar-refractivity contribution in [3.8, 4) is 0 Å². The zero-order valence-electron chi connectivity index (χ0n) is 29.7. The third-order valence-corrected chi connectivity index (χ3v) is 8.58. The van der Waals surface area contributed by atoms with Crippen LogP contribution < -0.4 is 16.0 Å². The summed E-state index contributed by atoms with van der Waals surface area (Å²) in [4.78, 5) is 66.1. The summed E-state index contributed by atoms with van der Waals surface area (Å²) >= 11 is 0. The third-order valence-electron chi connectivity index (χ3n) is 8.58. The number of hydrogen-bond donors (Lipinski definition) is 4. The molecule has 0 aliphatic carbocycles. The number of unbranched alkanes of at least 4 members (excludes halogenated alkanes) is 1. The minimum atomic E-state index is -1.07. The van der Waals surface area contributed by atoms with Crippen molar-refractivity contribution in [2.24, 2.45) is 5.92 Å². The van der Waals surface area contributed by atoms with Crippen LogP contribution in [-0.2, 0) is 41.8 Å². The van der Waals surface area contributed by atoms with Crippen LogP contribution >= 0.6 is 0 Å². The Bertz CT molecular complexity index is 1440. The Labute approximate surface area is 305 Å². The first kappa shape index (κ1) is 41.3. The average molecular weight is 721 g/mol. The van der Waals surface area contributed by atoms with Crippen LogP contribution in [0.4, 0.5) is 9.59 Å². The fraction of sp³-hybridized carbons (Fsp3) is 0.462. The van der Waals surface area contributed by atoms with Gasteiger partial charge in [-0.05, 0) is 56.1 Å². The first-order chi connectivity index (χ1) is 25.2. The van der Waals surface area contributed by atoms with Crippen molar-refractivity contribution in [3.63, 3.8) is 0 Å². The van der Waals surface area contributed by atoms with Crippen molar-refractivity contribution in [1.29, 1.82) is 0 Å². The molecule has 4 N–H and O–H groups in total. The number of aliphatic hydroxyl groups is 1. The van der Waals surface area contributed by atoms with E-state index in [-0.39, 0.29) is 57.6 Å². The minimum Gasteiger partial charge on any atom is -0.462 e. The number of ether oxygens (including phenoxy) is 3. The zero-order chi connectivity index (χ0) is 37.6. The highest BCUT2D eigenvalue weighted by Crippen LogP contribution is 2.21. The van der Waals surface area contributed by atoms with Crippen LogP contribution in [0.1, 0.15) is 62.5 Å². The lowest BCUT2D eigenvalue weighted by Gasteiger charge is -2.26. The summed E-state index contributed by atoms with van der Waals surface area (Å²) < 4.78 is 16.1. The molecule has 1 fully saturated rings. The highest BCUT2D eigenvalue weighted by atomic mass is 16.6. The maximum absolute atomic E-state index is 13.5. The number of carbonyl (C=O) groups excluding carboxylic acids is 5. The number of carbonyl (C=O) groups is 5. The maximum atomic E-state index is 13.5. The van der Waals surface area contributed by atoms with Gasteiger partial charge in [-0.15, -0.1) is 13.2 Å².